The third-order valence-electron chi connectivity index (χ3n) is 3.56. The second kappa shape index (κ2) is 7.83. The fourth-order valence-electron chi connectivity index (χ4n) is 2.30. The maximum atomic E-state index is 6.48. The highest BCUT2D eigenvalue weighted by molar-refractivity contribution is 7.09. The molecular weight excluding hydrogens is 300 g/mol. The molecule has 0 fully saturated rings. The summed E-state index contributed by atoms with van der Waals surface area (Å²) in [4.78, 5) is 3.54. The summed E-state index contributed by atoms with van der Waals surface area (Å²) < 4.78 is 0. The van der Waals surface area contributed by atoms with Crippen molar-refractivity contribution in [3.63, 3.8) is 0 Å². The summed E-state index contributed by atoms with van der Waals surface area (Å²) in [7, 11) is 2.08. The van der Waals surface area contributed by atoms with E-state index in [0.717, 1.165) is 30.2 Å². The fraction of sp³-hybridized carbons (Fsp3) is 0.412. The smallest absolute Gasteiger partial charge is 0.0642 e. The van der Waals surface area contributed by atoms with Crippen LogP contribution in [0.15, 0.2) is 35.7 Å². The molecule has 0 spiro atoms. The minimum atomic E-state index is 0.333. The standard InChI is InChI=1S/C17H23ClN2S/c1-4-9-19-13(2)14-7-8-17(16(18)11-14)20(3)12-15-6-5-10-21-15/h5-8,10-11,13,19H,4,9,12H2,1-3H3. The van der Waals surface area contributed by atoms with Crippen LogP contribution >= 0.6 is 22.9 Å². The van der Waals surface area contributed by atoms with Gasteiger partial charge in [0, 0.05) is 18.0 Å². The zero-order chi connectivity index (χ0) is 15.2. The molecule has 1 N–H and O–H groups in total. The third-order valence-corrected chi connectivity index (χ3v) is 4.72. The predicted octanol–water partition coefficient (Wildman–Crippen LogP) is 5.10. The van der Waals surface area contributed by atoms with Crippen LogP contribution in [0.4, 0.5) is 5.69 Å². The largest absolute Gasteiger partial charge is 0.368 e. The fourth-order valence-corrected chi connectivity index (χ4v) is 3.39. The van der Waals surface area contributed by atoms with Crippen LogP contribution in [-0.4, -0.2) is 13.6 Å². The van der Waals surface area contributed by atoms with Crippen LogP contribution in [0.1, 0.15) is 36.8 Å². The first-order chi connectivity index (χ1) is 10.1. The molecule has 0 saturated carbocycles. The summed E-state index contributed by atoms with van der Waals surface area (Å²) in [5, 5.41) is 6.41. The van der Waals surface area contributed by atoms with Gasteiger partial charge in [0.1, 0.15) is 0 Å². The molecule has 0 radical (unpaired) electrons. The highest BCUT2D eigenvalue weighted by Gasteiger charge is 2.11. The molecule has 2 nitrogen and oxygen atoms in total. The van der Waals surface area contributed by atoms with E-state index in [9.17, 15) is 0 Å². The molecule has 1 aromatic heterocycles. The SMILES string of the molecule is CCCNC(C)c1ccc(N(C)Cc2cccs2)c(Cl)c1. The molecule has 4 heteroatoms. The van der Waals surface area contributed by atoms with Gasteiger partial charge < -0.3 is 10.2 Å². The molecule has 2 aromatic rings. The Hall–Kier alpha value is -1.03. The highest BCUT2D eigenvalue weighted by Crippen LogP contribution is 2.29. The van der Waals surface area contributed by atoms with Crippen molar-refractivity contribution in [2.24, 2.45) is 0 Å². The van der Waals surface area contributed by atoms with Crippen LogP contribution in [0, 0.1) is 0 Å². The topological polar surface area (TPSA) is 15.3 Å². The average Bonchev–Trinajstić information content (AvgIpc) is 2.97. The van der Waals surface area contributed by atoms with Gasteiger partial charge in [-0.25, -0.2) is 0 Å². The van der Waals surface area contributed by atoms with Crippen LogP contribution in [0.25, 0.3) is 0 Å². The summed E-state index contributed by atoms with van der Waals surface area (Å²) in [6, 6.07) is 10.9. The quantitative estimate of drug-likeness (QED) is 0.763. The minimum absolute atomic E-state index is 0.333. The summed E-state index contributed by atoms with van der Waals surface area (Å²) in [5.41, 5.74) is 2.32. The lowest BCUT2D eigenvalue weighted by atomic mass is 10.1. The van der Waals surface area contributed by atoms with E-state index in [1.807, 2.05) is 0 Å². The summed E-state index contributed by atoms with van der Waals surface area (Å²) in [5.74, 6) is 0. The predicted molar refractivity (Wildman–Crippen MR) is 94.6 cm³/mol. The van der Waals surface area contributed by atoms with Crippen molar-refractivity contribution in [3.8, 4) is 0 Å². The maximum Gasteiger partial charge on any atom is 0.0642 e. The Bertz CT molecular complexity index is 554. The summed E-state index contributed by atoms with van der Waals surface area (Å²) in [6.07, 6.45) is 1.14. The molecule has 1 atom stereocenters. The van der Waals surface area contributed by atoms with E-state index in [4.69, 9.17) is 11.6 Å². The van der Waals surface area contributed by atoms with Gasteiger partial charge in [-0.1, -0.05) is 30.7 Å². The third kappa shape index (κ3) is 4.47. The monoisotopic (exact) mass is 322 g/mol. The van der Waals surface area contributed by atoms with Gasteiger partial charge >= 0.3 is 0 Å². The van der Waals surface area contributed by atoms with Gasteiger partial charge in [-0.3, -0.25) is 0 Å². The Morgan fingerprint density at radius 3 is 2.76 bits per heavy atom. The Labute approximate surface area is 136 Å². The van der Waals surface area contributed by atoms with E-state index in [2.05, 4.69) is 66.8 Å². The van der Waals surface area contributed by atoms with Crippen LogP contribution in [0.3, 0.4) is 0 Å². The van der Waals surface area contributed by atoms with Gasteiger partial charge in [-0.15, -0.1) is 11.3 Å². The van der Waals surface area contributed by atoms with Gasteiger partial charge in [-0.2, -0.15) is 0 Å². The molecule has 1 unspecified atom stereocenters. The Morgan fingerprint density at radius 2 is 2.14 bits per heavy atom. The number of nitrogens with zero attached hydrogens (tertiary/aromatic N) is 1. The van der Waals surface area contributed by atoms with Crippen molar-refractivity contribution in [1.29, 1.82) is 0 Å². The Morgan fingerprint density at radius 1 is 1.33 bits per heavy atom. The number of thiophene rings is 1. The first-order valence-electron chi connectivity index (χ1n) is 7.38. The number of benzene rings is 1. The first kappa shape index (κ1) is 16.3. The molecular formula is C17H23ClN2S. The van der Waals surface area contributed by atoms with Crippen molar-refractivity contribution in [3.05, 3.63) is 51.2 Å². The molecule has 0 aliphatic heterocycles. The molecule has 0 amide bonds. The van der Waals surface area contributed by atoms with Gasteiger partial charge in [0.25, 0.3) is 0 Å². The second-order valence-electron chi connectivity index (χ2n) is 5.32. The van der Waals surface area contributed by atoms with Crippen LogP contribution in [0.2, 0.25) is 5.02 Å². The normalized spacial score (nSPS) is 12.4. The van der Waals surface area contributed by atoms with Crippen molar-refractivity contribution < 1.29 is 0 Å². The maximum absolute atomic E-state index is 6.48. The lowest BCUT2D eigenvalue weighted by Crippen LogP contribution is -2.20. The zero-order valence-corrected chi connectivity index (χ0v) is 14.5. The lowest BCUT2D eigenvalue weighted by Gasteiger charge is -2.22. The van der Waals surface area contributed by atoms with Gasteiger partial charge in [0.15, 0.2) is 0 Å². The molecule has 0 aliphatic carbocycles. The molecule has 1 aromatic carbocycles. The van der Waals surface area contributed by atoms with Crippen LogP contribution in [-0.2, 0) is 6.54 Å². The molecule has 0 saturated heterocycles. The number of hydrogen-bond donors (Lipinski definition) is 1. The number of halogens is 1. The first-order valence-corrected chi connectivity index (χ1v) is 8.64. The summed E-state index contributed by atoms with van der Waals surface area (Å²) in [6.45, 7) is 6.27. The second-order valence-corrected chi connectivity index (χ2v) is 6.76. The van der Waals surface area contributed by atoms with Crippen molar-refractivity contribution in [2.75, 3.05) is 18.5 Å². The van der Waals surface area contributed by atoms with Gasteiger partial charge in [0.2, 0.25) is 0 Å². The molecule has 0 bridgehead atoms. The van der Waals surface area contributed by atoms with E-state index in [1.165, 1.54) is 10.4 Å². The van der Waals surface area contributed by atoms with Crippen LogP contribution < -0.4 is 10.2 Å². The molecule has 114 valence electrons. The van der Waals surface area contributed by atoms with E-state index in [1.54, 1.807) is 11.3 Å². The Balaban J connectivity index is 2.07. The number of nitrogens with one attached hydrogen (secondary N) is 1. The molecule has 1 heterocycles. The average molecular weight is 323 g/mol. The highest BCUT2D eigenvalue weighted by atomic mass is 35.5. The zero-order valence-electron chi connectivity index (χ0n) is 12.9. The van der Waals surface area contributed by atoms with E-state index in [-0.39, 0.29) is 0 Å². The molecule has 21 heavy (non-hydrogen) atoms. The van der Waals surface area contributed by atoms with E-state index < -0.39 is 0 Å². The van der Waals surface area contributed by atoms with Crippen molar-refractivity contribution >= 4 is 28.6 Å². The molecule has 2 rings (SSSR count). The van der Waals surface area contributed by atoms with Gasteiger partial charge in [-0.05, 0) is 49.0 Å². The lowest BCUT2D eigenvalue weighted by molar-refractivity contribution is 0.571. The molecule has 0 aliphatic rings. The minimum Gasteiger partial charge on any atom is -0.368 e. The van der Waals surface area contributed by atoms with E-state index in [0.29, 0.717) is 6.04 Å². The Kier molecular flexibility index (Phi) is 6.09. The van der Waals surface area contributed by atoms with Gasteiger partial charge in [0.05, 0.1) is 17.3 Å². The van der Waals surface area contributed by atoms with Crippen LogP contribution in [0.5, 0.6) is 0 Å². The number of rotatable bonds is 7. The van der Waals surface area contributed by atoms with E-state index >= 15 is 0 Å². The van der Waals surface area contributed by atoms with Crippen molar-refractivity contribution in [1.82, 2.24) is 5.32 Å². The van der Waals surface area contributed by atoms with Crippen molar-refractivity contribution in [2.45, 2.75) is 32.9 Å². The number of hydrogen-bond acceptors (Lipinski definition) is 3. The summed E-state index contributed by atoms with van der Waals surface area (Å²) >= 11 is 8.25. The number of anilines is 1.